The SMILES string of the molecule is Cc1[nH]ncc1C(=O)NC(C)C(=O)NC1CC1. The summed E-state index contributed by atoms with van der Waals surface area (Å²) in [6.07, 6.45) is 3.52. The molecule has 1 heterocycles. The second kappa shape index (κ2) is 4.57. The molecular formula is C11H16N4O2. The van der Waals surface area contributed by atoms with Crippen LogP contribution in [0.5, 0.6) is 0 Å². The number of rotatable bonds is 4. The van der Waals surface area contributed by atoms with Crippen LogP contribution in [-0.4, -0.2) is 34.1 Å². The van der Waals surface area contributed by atoms with Gasteiger partial charge in [0.2, 0.25) is 5.91 Å². The van der Waals surface area contributed by atoms with Gasteiger partial charge in [-0.1, -0.05) is 0 Å². The molecule has 0 saturated heterocycles. The van der Waals surface area contributed by atoms with Crippen LogP contribution >= 0.6 is 0 Å². The fraction of sp³-hybridized carbons (Fsp3) is 0.545. The van der Waals surface area contributed by atoms with E-state index in [0.29, 0.717) is 17.3 Å². The Morgan fingerprint density at radius 3 is 2.76 bits per heavy atom. The number of nitrogens with zero attached hydrogens (tertiary/aromatic N) is 1. The average molecular weight is 236 g/mol. The lowest BCUT2D eigenvalue weighted by Gasteiger charge is -2.13. The number of hydrogen-bond acceptors (Lipinski definition) is 3. The number of H-pyrrole nitrogens is 1. The summed E-state index contributed by atoms with van der Waals surface area (Å²) in [5.74, 6) is -0.420. The van der Waals surface area contributed by atoms with Crippen LogP contribution < -0.4 is 10.6 Å². The molecule has 1 aromatic heterocycles. The van der Waals surface area contributed by atoms with Crippen molar-refractivity contribution in [2.45, 2.75) is 38.8 Å². The Kier molecular flexibility index (Phi) is 3.12. The van der Waals surface area contributed by atoms with E-state index in [1.165, 1.54) is 6.20 Å². The topological polar surface area (TPSA) is 86.9 Å². The first-order chi connectivity index (χ1) is 8.08. The highest BCUT2D eigenvalue weighted by Crippen LogP contribution is 2.18. The lowest BCUT2D eigenvalue weighted by Crippen LogP contribution is -2.45. The van der Waals surface area contributed by atoms with Crippen LogP contribution in [0, 0.1) is 6.92 Å². The summed E-state index contributed by atoms with van der Waals surface area (Å²) in [4.78, 5) is 23.4. The van der Waals surface area contributed by atoms with E-state index in [1.807, 2.05) is 0 Å². The number of aromatic amines is 1. The molecule has 1 unspecified atom stereocenters. The summed E-state index contributed by atoms with van der Waals surface area (Å²) in [7, 11) is 0. The Bertz CT molecular complexity index is 436. The summed E-state index contributed by atoms with van der Waals surface area (Å²) in [5, 5.41) is 11.9. The zero-order valence-electron chi connectivity index (χ0n) is 9.91. The van der Waals surface area contributed by atoms with Crippen LogP contribution in [0.25, 0.3) is 0 Å². The van der Waals surface area contributed by atoms with Crippen LogP contribution in [-0.2, 0) is 4.79 Å². The molecule has 2 rings (SSSR count). The molecule has 3 N–H and O–H groups in total. The van der Waals surface area contributed by atoms with Crippen molar-refractivity contribution in [3.05, 3.63) is 17.5 Å². The minimum Gasteiger partial charge on any atom is -0.352 e. The standard InChI is InChI=1S/C11H16N4O2/c1-6-9(5-12-15-6)11(17)13-7(2)10(16)14-8-3-4-8/h5,7-8H,3-4H2,1-2H3,(H,12,15)(H,13,17)(H,14,16). The van der Waals surface area contributed by atoms with Gasteiger partial charge in [0.05, 0.1) is 11.8 Å². The van der Waals surface area contributed by atoms with E-state index in [-0.39, 0.29) is 11.8 Å². The molecule has 1 saturated carbocycles. The van der Waals surface area contributed by atoms with Gasteiger partial charge in [0.15, 0.2) is 0 Å². The monoisotopic (exact) mass is 236 g/mol. The molecule has 6 heteroatoms. The van der Waals surface area contributed by atoms with E-state index in [2.05, 4.69) is 20.8 Å². The maximum absolute atomic E-state index is 11.8. The molecular weight excluding hydrogens is 220 g/mol. The third kappa shape index (κ3) is 2.83. The van der Waals surface area contributed by atoms with E-state index in [1.54, 1.807) is 13.8 Å². The van der Waals surface area contributed by atoms with Gasteiger partial charge >= 0.3 is 0 Å². The van der Waals surface area contributed by atoms with Gasteiger partial charge in [-0.2, -0.15) is 5.10 Å². The summed E-state index contributed by atoms with van der Waals surface area (Å²) < 4.78 is 0. The van der Waals surface area contributed by atoms with Crippen LogP contribution in [0.1, 0.15) is 35.8 Å². The number of carbonyl (C=O) groups is 2. The fourth-order valence-corrected chi connectivity index (χ4v) is 1.47. The van der Waals surface area contributed by atoms with Gasteiger partial charge < -0.3 is 10.6 Å². The first-order valence-electron chi connectivity index (χ1n) is 5.69. The van der Waals surface area contributed by atoms with Crippen LogP contribution in [0.2, 0.25) is 0 Å². The number of nitrogens with one attached hydrogen (secondary N) is 3. The third-order valence-electron chi connectivity index (χ3n) is 2.74. The predicted octanol–water partition coefficient (Wildman–Crippen LogP) is 0.115. The summed E-state index contributed by atoms with van der Waals surface area (Å²) in [6.45, 7) is 3.43. The molecule has 1 aliphatic rings. The van der Waals surface area contributed by atoms with Crippen molar-refractivity contribution in [3.63, 3.8) is 0 Å². The molecule has 0 aromatic carbocycles. The first-order valence-corrected chi connectivity index (χ1v) is 5.69. The third-order valence-corrected chi connectivity index (χ3v) is 2.74. The summed E-state index contributed by atoms with van der Waals surface area (Å²) in [6, 6.07) is -0.227. The smallest absolute Gasteiger partial charge is 0.255 e. The molecule has 1 aliphatic carbocycles. The molecule has 17 heavy (non-hydrogen) atoms. The highest BCUT2D eigenvalue weighted by Gasteiger charge is 2.26. The summed E-state index contributed by atoms with van der Waals surface area (Å²) >= 11 is 0. The number of aryl methyl sites for hydroxylation is 1. The van der Waals surface area contributed by atoms with Crippen molar-refractivity contribution in [1.82, 2.24) is 20.8 Å². The molecule has 0 radical (unpaired) electrons. The zero-order valence-corrected chi connectivity index (χ0v) is 9.91. The van der Waals surface area contributed by atoms with Crippen LogP contribution in [0.3, 0.4) is 0 Å². The molecule has 0 aliphatic heterocycles. The van der Waals surface area contributed by atoms with Gasteiger partial charge in [0.1, 0.15) is 6.04 Å². The van der Waals surface area contributed by atoms with E-state index >= 15 is 0 Å². The van der Waals surface area contributed by atoms with Gasteiger partial charge in [-0.25, -0.2) is 0 Å². The molecule has 0 bridgehead atoms. The highest BCUT2D eigenvalue weighted by atomic mass is 16.2. The quantitative estimate of drug-likeness (QED) is 0.693. The highest BCUT2D eigenvalue weighted by molar-refractivity contribution is 5.98. The Hall–Kier alpha value is -1.85. The molecule has 0 spiro atoms. The minimum atomic E-state index is -0.530. The van der Waals surface area contributed by atoms with Crippen molar-refractivity contribution in [2.24, 2.45) is 0 Å². The second-order valence-electron chi connectivity index (χ2n) is 4.39. The Morgan fingerprint density at radius 2 is 2.24 bits per heavy atom. The Balaban J connectivity index is 1.89. The Morgan fingerprint density at radius 1 is 1.53 bits per heavy atom. The van der Waals surface area contributed by atoms with E-state index < -0.39 is 6.04 Å². The number of amides is 2. The maximum Gasteiger partial charge on any atom is 0.255 e. The van der Waals surface area contributed by atoms with Gasteiger partial charge in [0, 0.05) is 11.7 Å². The van der Waals surface area contributed by atoms with Crippen LogP contribution in [0.4, 0.5) is 0 Å². The molecule has 1 aromatic rings. The van der Waals surface area contributed by atoms with E-state index in [4.69, 9.17) is 0 Å². The van der Waals surface area contributed by atoms with Crippen molar-refractivity contribution in [1.29, 1.82) is 0 Å². The fourth-order valence-electron chi connectivity index (χ4n) is 1.47. The zero-order chi connectivity index (χ0) is 12.4. The maximum atomic E-state index is 11.8. The lowest BCUT2D eigenvalue weighted by atomic mass is 10.2. The Labute approximate surface area is 99.2 Å². The van der Waals surface area contributed by atoms with Crippen LogP contribution in [0.15, 0.2) is 6.20 Å². The largest absolute Gasteiger partial charge is 0.352 e. The molecule has 6 nitrogen and oxygen atoms in total. The van der Waals surface area contributed by atoms with Crippen molar-refractivity contribution in [2.75, 3.05) is 0 Å². The minimum absolute atomic E-state index is 0.137. The van der Waals surface area contributed by atoms with Crippen molar-refractivity contribution >= 4 is 11.8 Å². The number of hydrogen-bond donors (Lipinski definition) is 3. The number of aromatic nitrogens is 2. The number of carbonyl (C=O) groups excluding carboxylic acids is 2. The predicted molar refractivity (Wildman–Crippen MR) is 61.4 cm³/mol. The normalized spacial score (nSPS) is 16.4. The van der Waals surface area contributed by atoms with Crippen molar-refractivity contribution < 1.29 is 9.59 Å². The van der Waals surface area contributed by atoms with Gasteiger partial charge in [-0.3, -0.25) is 14.7 Å². The lowest BCUT2D eigenvalue weighted by molar-refractivity contribution is -0.122. The van der Waals surface area contributed by atoms with Gasteiger partial charge in [0.25, 0.3) is 5.91 Å². The molecule has 1 atom stereocenters. The first kappa shape index (κ1) is 11.6. The molecule has 92 valence electrons. The molecule has 2 amide bonds. The average Bonchev–Trinajstić information content (AvgIpc) is 2.98. The van der Waals surface area contributed by atoms with Gasteiger partial charge in [-0.05, 0) is 26.7 Å². The second-order valence-corrected chi connectivity index (χ2v) is 4.39. The summed E-state index contributed by atoms with van der Waals surface area (Å²) in [5.41, 5.74) is 1.16. The van der Waals surface area contributed by atoms with Crippen molar-refractivity contribution in [3.8, 4) is 0 Å². The van der Waals surface area contributed by atoms with Gasteiger partial charge in [-0.15, -0.1) is 0 Å². The molecule has 1 fully saturated rings. The van der Waals surface area contributed by atoms with E-state index in [0.717, 1.165) is 12.8 Å². The van der Waals surface area contributed by atoms with E-state index in [9.17, 15) is 9.59 Å².